The van der Waals surface area contributed by atoms with Crippen LogP contribution in [0.5, 0.6) is 0 Å². The molecule has 0 spiro atoms. The zero-order valence-corrected chi connectivity index (χ0v) is 18.9. The monoisotopic (exact) mass is 423 g/mol. The van der Waals surface area contributed by atoms with Crippen LogP contribution < -0.4 is 10.6 Å². The van der Waals surface area contributed by atoms with Crippen molar-refractivity contribution in [1.29, 1.82) is 0 Å². The zero-order chi connectivity index (χ0) is 22.6. The Labute approximate surface area is 178 Å². The van der Waals surface area contributed by atoms with Gasteiger partial charge in [-0.05, 0) is 58.7 Å². The maximum absolute atomic E-state index is 14.2. The van der Waals surface area contributed by atoms with Crippen LogP contribution in [0.15, 0.2) is 18.2 Å². The number of morpholine rings is 1. The van der Waals surface area contributed by atoms with Crippen LogP contribution in [0, 0.1) is 11.7 Å². The van der Waals surface area contributed by atoms with E-state index >= 15 is 0 Å². The number of hydrogen-bond donors (Lipinski definition) is 2. The lowest BCUT2D eigenvalue weighted by atomic mass is 9.99. The predicted octanol–water partition coefficient (Wildman–Crippen LogP) is 4.25. The normalized spacial score (nSPS) is 21.2. The summed E-state index contributed by atoms with van der Waals surface area (Å²) in [7, 11) is 0. The summed E-state index contributed by atoms with van der Waals surface area (Å²) in [5.41, 5.74) is -0.368. The molecule has 1 heterocycles. The highest BCUT2D eigenvalue weighted by atomic mass is 19.1. The minimum Gasteiger partial charge on any atom is -0.444 e. The largest absolute Gasteiger partial charge is 0.444 e. The summed E-state index contributed by atoms with van der Waals surface area (Å²) in [4.78, 5) is 27.2. The second-order valence-electron chi connectivity index (χ2n) is 9.21. The van der Waals surface area contributed by atoms with E-state index in [9.17, 15) is 14.0 Å². The first-order valence-corrected chi connectivity index (χ1v) is 10.4. The van der Waals surface area contributed by atoms with Crippen LogP contribution in [0.25, 0.3) is 0 Å². The van der Waals surface area contributed by atoms with Crippen molar-refractivity contribution in [2.45, 2.75) is 72.3 Å². The molecule has 0 aliphatic carbocycles. The second-order valence-corrected chi connectivity index (χ2v) is 9.21. The number of nitrogens with zero attached hydrogens (tertiary/aromatic N) is 1. The fourth-order valence-corrected chi connectivity index (χ4v) is 3.66. The highest BCUT2D eigenvalue weighted by Gasteiger charge is 2.34. The standard InChI is InChI=1S/C22H34FN3O4/c1-13(2)19(26-11-14(3)29-15(4)12-26)20(27)24-16-8-9-17(23)18(10-16)25-21(28)30-22(5,6)7/h8-10,13-15,19H,11-12H2,1-7H3,(H,24,27)(H,25,28). The molecule has 30 heavy (non-hydrogen) atoms. The quantitative estimate of drug-likeness (QED) is 0.740. The molecule has 0 saturated carbocycles. The lowest BCUT2D eigenvalue weighted by molar-refractivity contribution is -0.130. The number of rotatable bonds is 5. The molecule has 2 amide bonds. The highest BCUT2D eigenvalue weighted by molar-refractivity contribution is 5.96. The average molecular weight is 424 g/mol. The number of ether oxygens (including phenoxy) is 2. The number of carbonyl (C=O) groups excluding carboxylic acids is 2. The molecule has 3 unspecified atom stereocenters. The third kappa shape index (κ3) is 6.95. The molecule has 1 aliphatic rings. The third-order valence-corrected chi connectivity index (χ3v) is 4.61. The second kappa shape index (κ2) is 9.75. The third-order valence-electron chi connectivity index (χ3n) is 4.61. The Morgan fingerprint density at radius 1 is 1.17 bits per heavy atom. The number of nitrogens with one attached hydrogen (secondary N) is 2. The molecule has 2 N–H and O–H groups in total. The van der Waals surface area contributed by atoms with Gasteiger partial charge in [0.2, 0.25) is 5.91 Å². The van der Waals surface area contributed by atoms with Crippen molar-refractivity contribution < 1.29 is 23.5 Å². The van der Waals surface area contributed by atoms with Crippen LogP contribution in [0.2, 0.25) is 0 Å². The Kier molecular flexibility index (Phi) is 7.82. The molecule has 1 aromatic rings. The van der Waals surface area contributed by atoms with Crippen molar-refractivity contribution in [3.63, 3.8) is 0 Å². The Balaban J connectivity index is 2.13. The Bertz CT molecular complexity index is 753. The van der Waals surface area contributed by atoms with Gasteiger partial charge in [-0.1, -0.05) is 13.8 Å². The lowest BCUT2D eigenvalue weighted by Gasteiger charge is -2.41. The first kappa shape index (κ1) is 24.1. The van der Waals surface area contributed by atoms with Gasteiger partial charge in [0.25, 0.3) is 0 Å². The van der Waals surface area contributed by atoms with Crippen LogP contribution in [0.1, 0.15) is 48.5 Å². The maximum Gasteiger partial charge on any atom is 0.412 e. The van der Waals surface area contributed by atoms with Gasteiger partial charge in [0.05, 0.1) is 23.9 Å². The summed E-state index contributed by atoms with van der Waals surface area (Å²) in [6.07, 6.45) is -0.683. The van der Waals surface area contributed by atoms with Gasteiger partial charge in [0.15, 0.2) is 0 Å². The van der Waals surface area contributed by atoms with E-state index in [1.54, 1.807) is 20.8 Å². The van der Waals surface area contributed by atoms with Crippen molar-refractivity contribution in [3.05, 3.63) is 24.0 Å². The fourth-order valence-electron chi connectivity index (χ4n) is 3.66. The van der Waals surface area contributed by atoms with Gasteiger partial charge < -0.3 is 14.8 Å². The molecular formula is C22H34FN3O4. The zero-order valence-electron chi connectivity index (χ0n) is 18.9. The van der Waals surface area contributed by atoms with Crippen LogP contribution >= 0.6 is 0 Å². The van der Waals surface area contributed by atoms with E-state index in [0.29, 0.717) is 18.8 Å². The molecule has 8 heteroatoms. The average Bonchev–Trinajstić information content (AvgIpc) is 2.55. The van der Waals surface area contributed by atoms with Crippen LogP contribution in [0.3, 0.4) is 0 Å². The van der Waals surface area contributed by atoms with Gasteiger partial charge in [0.1, 0.15) is 11.4 Å². The minimum atomic E-state index is -0.763. The van der Waals surface area contributed by atoms with E-state index in [2.05, 4.69) is 15.5 Å². The van der Waals surface area contributed by atoms with Crippen molar-refractivity contribution in [3.8, 4) is 0 Å². The summed E-state index contributed by atoms with van der Waals surface area (Å²) >= 11 is 0. The number of benzene rings is 1. The van der Waals surface area contributed by atoms with Crippen molar-refractivity contribution in [1.82, 2.24) is 4.90 Å². The summed E-state index contributed by atoms with van der Waals surface area (Å²) in [5, 5.41) is 5.25. The first-order chi connectivity index (χ1) is 13.9. The van der Waals surface area contributed by atoms with Gasteiger partial charge in [-0.2, -0.15) is 0 Å². The topological polar surface area (TPSA) is 79.9 Å². The Morgan fingerprint density at radius 2 is 1.77 bits per heavy atom. The van der Waals surface area contributed by atoms with E-state index in [0.717, 1.165) is 0 Å². The SMILES string of the molecule is CC1CN(C(C(=O)Nc2ccc(F)c(NC(=O)OC(C)(C)C)c2)C(C)C)CC(C)O1. The van der Waals surface area contributed by atoms with E-state index in [4.69, 9.17) is 9.47 Å². The smallest absolute Gasteiger partial charge is 0.412 e. The van der Waals surface area contributed by atoms with Gasteiger partial charge in [-0.15, -0.1) is 0 Å². The molecular weight excluding hydrogens is 389 g/mol. The number of amides is 2. The molecule has 1 saturated heterocycles. The molecule has 0 bridgehead atoms. The predicted molar refractivity (Wildman–Crippen MR) is 115 cm³/mol. The Hall–Kier alpha value is -2.19. The van der Waals surface area contributed by atoms with Crippen molar-refractivity contribution in [2.75, 3.05) is 23.7 Å². The molecule has 1 aliphatic heterocycles. The molecule has 168 valence electrons. The molecule has 0 aromatic heterocycles. The number of hydrogen-bond acceptors (Lipinski definition) is 5. The van der Waals surface area contributed by atoms with Crippen LogP contribution in [-0.4, -0.2) is 53.8 Å². The van der Waals surface area contributed by atoms with E-state index < -0.39 is 17.5 Å². The van der Waals surface area contributed by atoms with Gasteiger partial charge in [-0.25, -0.2) is 9.18 Å². The van der Waals surface area contributed by atoms with Gasteiger partial charge in [-0.3, -0.25) is 15.0 Å². The summed E-state index contributed by atoms with van der Waals surface area (Å²) in [5.74, 6) is -0.724. The lowest BCUT2D eigenvalue weighted by Crippen LogP contribution is -2.55. The first-order valence-electron chi connectivity index (χ1n) is 10.4. The van der Waals surface area contributed by atoms with Crippen LogP contribution in [-0.2, 0) is 14.3 Å². The molecule has 2 rings (SSSR count). The van der Waals surface area contributed by atoms with Gasteiger partial charge >= 0.3 is 6.09 Å². The number of halogens is 1. The van der Waals surface area contributed by atoms with Crippen LogP contribution in [0.4, 0.5) is 20.6 Å². The van der Waals surface area contributed by atoms with Gasteiger partial charge in [0, 0.05) is 18.8 Å². The van der Waals surface area contributed by atoms with Crippen molar-refractivity contribution in [2.24, 2.45) is 5.92 Å². The summed E-state index contributed by atoms with van der Waals surface area (Å²) in [6.45, 7) is 14.5. The van der Waals surface area contributed by atoms with E-state index in [1.807, 2.05) is 27.7 Å². The molecule has 0 radical (unpaired) electrons. The number of anilines is 2. The summed E-state index contributed by atoms with van der Waals surface area (Å²) < 4.78 is 25.1. The molecule has 1 aromatic carbocycles. The maximum atomic E-state index is 14.2. The molecule has 7 nitrogen and oxygen atoms in total. The molecule has 1 fully saturated rings. The van der Waals surface area contributed by atoms with E-state index in [-0.39, 0.29) is 35.8 Å². The minimum absolute atomic E-state index is 0.0400. The van der Waals surface area contributed by atoms with E-state index in [1.165, 1.54) is 18.2 Å². The fraction of sp³-hybridized carbons (Fsp3) is 0.636. The highest BCUT2D eigenvalue weighted by Crippen LogP contribution is 2.23. The Morgan fingerprint density at radius 3 is 2.30 bits per heavy atom. The molecule has 3 atom stereocenters. The number of carbonyl (C=O) groups is 2. The summed E-state index contributed by atoms with van der Waals surface area (Å²) in [6, 6.07) is 3.70. The van der Waals surface area contributed by atoms with Crippen molar-refractivity contribution >= 4 is 23.4 Å².